The van der Waals surface area contributed by atoms with Gasteiger partial charge in [0.25, 0.3) is 0 Å². The Labute approximate surface area is 116 Å². The average molecular weight is 270 g/mol. The summed E-state index contributed by atoms with van der Waals surface area (Å²) in [7, 11) is 1.93. The Morgan fingerprint density at radius 2 is 1.89 bits per heavy atom. The largest absolute Gasteiger partial charge is 0.493 e. The lowest BCUT2D eigenvalue weighted by atomic mass is 9.98. The molecule has 18 heavy (non-hydrogen) atoms. The highest BCUT2D eigenvalue weighted by molar-refractivity contribution is 6.30. The van der Waals surface area contributed by atoms with E-state index in [1.54, 1.807) is 0 Å². The summed E-state index contributed by atoms with van der Waals surface area (Å²) >= 11 is 6.18. The number of hydrogen-bond acceptors (Lipinski definition) is 2. The summed E-state index contributed by atoms with van der Waals surface area (Å²) in [6.07, 6.45) is 0. The van der Waals surface area contributed by atoms with Crippen molar-refractivity contribution in [2.75, 3.05) is 13.7 Å². The fourth-order valence-corrected chi connectivity index (χ4v) is 2.10. The molecule has 0 aliphatic carbocycles. The first-order valence-corrected chi connectivity index (χ1v) is 6.93. The SMILES string of the molecule is CNCc1cc(Cl)cc(C(C)C)c1OCC(C)C. The first-order chi connectivity index (χ1) is 8.45. The molecule has 1 aromatic carbocycles. The van der Waals surface area contributed by atoms with Gasteiger partial charge in [-0.05, 0) is 36.6 Å². The number of halogens is 1. The van der Waals surface area contributed by atoms with Crippen molar-refractivity contribution in [1.29, 1.82) is 0 Å². The van der Waals surface area contributed by atoms with Crippen LogP contribution in [-0.4, -0.2) is 13.7 Å². The molecule has 1 N–H and O–H groups in total. The van der Waals surface area contributed by atoms with Crippen molar-refractivity contribution < 1.29 is 4.74 Å². The molecule has 0 aromatic heterocycles. The molecular weight excluding hydrogens is 246 g/mol. The Hall–Kier alpha value is -0.730. The van der Waals surface area contributed by atoms with Gasteiger partial charge in [0.2, 0.25) is 0 Å². The minimum atomic E-state index is 0.404. The van der Waals surface area contributed by atoms with Crippen molar-refractivity contribution in [2.24, 2.45) is 5.92 Å². The van der Waals surface area contributed by atoms with Gasteiger partial charge in [0.1, 0.15) is 5.75 Å². The van der Waals surface area contributed by atoms with Crippen LogP contribution in [0.1, 0.15) is 44.7 Å². The van der Waals surface area contributed by atoms with Gasteiger partial charge in [-0.15, -0.1) is 0 Å². The fourth-order valence-electron chi connectivity index (χ4n) is 1.85. The minimum absolute atomic E-state index is 0.404. The Kier molecular flexibility index (Phi) is 5.97. The van der Waals surface area contributed by atoms with Crippen LogP contribution in [0, 0.1) is 5.92 Å². The highest BCUT2D eigenvalue weighted by Gasteiger charge is 2.14. The highest BCUT2D eigenvalue weighted by atomic mass is 35.5. The molecule has 0 saturated heterocycles. The monoisotopic (exact) mass is 269 g/mol. The molecule has 0 heterocycles. The predicted molar refractivity (Wildman–Crippen MR) is 78.6 cm³/mol. The molecular formula is C15H24ClNO. The second kappa shape index (κ2) is 7.01. The third-order valence-electron chi connectivity index (χ3n) is 2.71. The molecule has 2 nitrogen and oxygen atoms in total. The maximum atomic E-state index is 6.18. The molecule has 3 heteroatoms. The van der Waals surface area contributed by atoms with E-state index in [1.807, 2.05) is 19.2 Å². The van der Waals surface area contributed by atoms with Crippen molar-refractivity contribution in [1.82, 2.24) is 5.32 Å². The highest BCUT2D eigenvalue weighted by Crippen LogP contribution is 2.33. The lowest BCUT2D eigenvalue weighted by Crippen LogP contribution is -2.12. The number of hydrogen-bond donors (Lipinski definition) is 1. The zero-order chi connectivity index (χ0) is 13.7. The molecule has 0 aliphatic heterocycles. The number of ether oxygens (including phenoxy) is 1. The number of nitrogens with one attached hydrogen (secondary N) is 1. The molecule has 0 unspecified atom stereocenters. The second-order valence-electron chi connectivity index (χ2n) is 5.37. The van der Waals surface area contributed by atoms with Crippen LogP contribution in [0.2, 0.25) is 5.02 Å². The topological polar surface area (TPSA) is 21.3 Å². The van der Waals surface area contributed by atoms with Gasteiger partial charge < -0.3 is 10.1 Å². The van der Waals surface area contributed by atoms with Crippen LogP contribution < -0.4 is 10.1 Å². The average Bonchev–Trinajstić information content (AvgIpc) is 2.27. The Morgan fingerprint density at radius 3 is 2.39 bits per heavy atom. The molecule has 0 fully saturated rings. The predicted octanol–water partition coefficient (Wildman–Crippen LogP) is 4.22. The van der Waals surface area contributed by atoms with Gasteiger partial charge in [-0.1, -0.05) is 39.3 Å². The standard InChI is InChI=1S/C15H24ClNO/c1-10(2)9-18-15-12(8-17-5)6-13(16)7-14(15)11(3)4/h6-7,10-11,17H,8-9H2,1-5H3. The normalized spacial score (nSPS) is 11.3. The van der Waals surface area contributed by atoms with E-state index in [0.717, 1.165) is 29.5 Å². The Bertz CT molecular complexity index is 388. The van der Waals surface area contributed by atoms with Crippen molar-refractivity contribution in [2.45, 2.75) is 40.2 Å². The molecule has 0 atom stereocenters. The van der Waals surface area contributed by atoms with Gasteiger partial charge in [0.15, 0.2) is 0 Å². The third kappa shape index (κ3) is 4.18. The maximum Gasteiger partial charge on any atom is 0.127 e. The van der Waals surface area contributed by atoms with Crippen LogP contribution in [0.25, 0.3) is 0 Å². The first-order valence-electron chi connectivity index (χ1n) is 6.55. The summed E-state index contributed by atoms with van der Waals surface area (Å²) in [4.78, 5) is 0. The summed E-state index contributed by atoms with van der Waals surface area (Å²) in [5.41, 5.74) is 2.32. The smallest absolute Gasteiger partial charge is 0.127 e. The van der Waals surface area contributed by atoms with E-state index < -0.39 is 0 Å². The van der Waals surface area contributed by atoms with Crippen LogP contribution in [0.3, 0.4) is 0 Å². The van der Waals surface area contributed by atoms with Crippen molar-refractivity contribution in [3.05, 3.63) is 28.3 Å². The zero-order valence-electron chi connectivity index (χ0n) is 12.0. The zero-order valence-corrected chi connectivity index (χ0v) is 12.8. The summed E-state index contributed by atoms with van der Waals surface area (Å²) in [5, 5.41) is 3.95. The molecule has 102 valence electrons. The summed E-state index contributed by atoms with van der Waals surface area (Å²) < 4.78 is 6.00. The maximum absolute atomic E-state index is 6.18. The lowest BCUT2D eigenvalue weighted by molar-refractivity contribution is 0.265. The third-order valence-corrected chi connectivity index (χ3v) is 2.93. The number of benzene rings is 1. The summed E-state index contributed by atoms with van der Waals surface area (Å²) in [6.45, 7) is 10.1. The van der Waals surface area contributed by atoms with Crippen LogP contribution in [0.15, 0.2) is 12.1 Å². The van der Waals surface area contributed by atoms with Gasteiger partial charge in [0, 0.05) is 17.1 Å². The molecule has 0 saturated carbocycles. The Balaban J connectivity index is 3.13. The van der Waals surface area contributed by atoms with Crippen molar-refractivity contribution in [3.8, 4) is 5.75 Å². The fraction of sp³-hybridized carbons (Fsp3) is 0.600. The molecule has 1 rings (SSSR count). The van der Waals surface area contributed by atoms with E-state index in [9.17, 15) is 0 Å². The van der Waals surface area contributed by atoms with E-state index in [0.29, 0.717) is 11.8 Å². The molecule has 0 radical (unpaired) electrons. The Morgan fingerprint density at radius 1 is 1.22 bits per heavy atom. The van der Waals surface area contributed by atoms with E-state index in [-0.39, 0.29) is 0 Å². The van der Waals surface area contributed by atoms with Crippen molar-refractivity contribution >= 4 is 11.6 Å². The lowest BCUT2D eigenvalue weighted by Gasteiger charge is -2.19. The van der Waals surface area contributed by atoms with E-state index >= 15 is 0 Å². The summed E-state index contributed by atoms with van der Waals surface area (Å²) in [6, 6.07) is 4.00. The molecule has 0 bridgehead atoms. The van der Waals surface area contributed by atoms with E-state index in [1.165, 1.54) is 5.56 Å². The molecule has 0 spiro atoms. The van der Waals surface area contributed by atoms with Gasteiger partial charge in [0.05, 0.1) is 6.61 Å². The number of rotatable bonds is 6. The molecule has 1 aromatic rings. The second-order valence-corrected chi connectivity index (χ2v) is 5.81. The van der Waals surface area contributed by atoms with E-state index in [4.69, 9.17) is 16.3 Å². The van der Waals surface area contributed by atoms with Crippen LogP contribution in [-0.2, 0) is 6.54 Å². The van der Waals surface area contributed by atoms with Gasteiger partial charge in [-0.25, -0.2) is 0 Å². The van der Waals surface area contributed by atoms with Crippen LogP contribution >= 0.6 is 11.6 Å². The van der Waals surface area contributed by atoms with Gasteiger partial charge >= 0.3 is 0 Å². The van der Waals surface area contributed by atoms with Crippen LogP contribution in [0.4, 0.5) is 0 Å². The summed E-state index contributed by atoms with van der Waals surface area (Å²) in [5.74, 6) is 1.92. The quantitative estimate of drug-likeness (QED) is 0.835. The van der Waals surface area contributed by atoms with Gasteiger partial charge in [-0.3, -0.25) is 0 Å². The van der Waals surface area contributed by atoms with Crippen LogP contribution in [0.5, 0.6) is 5.75 Å². The van der Waals surface area contributed by atoms with Crippen molar-refractivity contribution in [3.63, 3.8) is 0 Å². The first kappa shape index (κ1) is 15.3. The minimum Gasteiger partial charge on any atom is -0.493 e. The van der Waals surface area contributed by atoms with E-state index in [2.05, 4.69) is 33.0 Å². The van der Waals surface area contributed by atoms with Gasteiger partial charge in [-0.2, -0.15) is 0 Å². The molecule has 0 aliphatic rings. The molecule has 0 amide bonds.